The van der Waals surface area contributed by atoms with Gasteiger partial charge in [-0.25, -0.2) is 0 Å². The minimum atomic E-state index is -0.169. The van der Waals surface area contributed by atoms with Crippen molar-refractivity contribution in [3.8, 4) is 0 Å². The van der Waals surface area contributed by atoms with Crippen LogP contribution in [0.5, 0.6) is 0 Å². The van der Waals surface area contributed by atoms with Crippen molar-refractivity contribution in [2.24, 2.45) is 0 Å². The van der Waals surface area contributed by atoms with Crippen LogP contribution in [-0.2, 0) is 11.3 Å². The summed E-state index contributed by atoms with van der Waals surface area (Å²) in [5, 5.41) is 12.1. The molecule has 0 saturated heterocycles. The second-order valence-corrected chi connectivity index (χ2v) is 7.92. The Hall–Kier alpha value is -2.09. The number of carbonyl (C=O) groups excluding carboxylic acids is 2. The molecule has 2 amide bonds. The molecule has 0 aliphatic rings. The van der Waals surface area contributed by atoms with E-state index in [1.54, 1.807) is 12.1 Å². The van der Waals surface area contributed by atoms with E-state index < -0.39 is 0 Å². The molecule has 0 fully saturated rings. The zero-order valence-corrected chi connectivity index (χ0v) is 17.1. The number of benzene rings is 1. The lowest BCUT2D eigenvalue weighted by Gasteiger charge is -2.06. The van der Waals surface area contributed by atoms with Gasteiger partial charge in [0, 0.05) is 35.4 Å². The van der Waals surface area contributed by atoms with Crippen LogP contribution in [0.15, 0.2) is 24.3 Å². The molecular formula is C18H18Cl2N4O2S. The quantitative estimate of drug-likeness (QED) is 0.593. The number of nitrogens with one attached hydrogen (secondary N) is 2. The van der Waals surface area contributed by atoms with Gasteiger partial charge in [-0.05, 0) is 30.7 Å². The summed E-state index contributed by atoms with van der Waals surface area (Å²) in [6, 6.07) is 7.21. The number of nitrogens with zero attached hydrogens (tertiary/aromatic N) is 2. The Morgan fingerprint density at radius 2 is 1.93 bits per heavy atom. The lowest BCUT2D eigenvalue weighted by Crippen LogP contribution is -2.33. The van der Waals surface area contributed by atoms with Gasteiger partial charge < -0.3 is 10.6 Å². The summed E-state index contributed by atoms with van der Waals surface area (Å²) in [5.74, 6) is -0.292. The lowest BCUT2D eigenvalue weighted by molar-refractivity contribution is -0.118. The van der Waals surface area contributed by atoms with E-state index in [0.717, 1.165) is 21.5 Å². The highest BCUT2D eigenvalue weighted by Gasteiger charge is 2.17. The van der Waals surface area contributed by atoms with Crippen molar-refractivity contribution < 1.29 is 9.59 Å². The van der Waals surface area contributed by atoms with Crippen LogP contribution in [0.4, 0.5) is 0 Å². The topological polar surface area (TPSA) is 76.0 Å². The van der Waals surface area contributed by atoms with Crippen LogP contribution in [0.25, 0.3) is 10.2 Å². The number of aromatic nitrogens is 2. The number of carbonyl (C=O) groups is 2. The SMILES string of the molecule is CC(=O)NCCNC(=O)c1cc2c(C)nn(Cc3ccc(Cl)cc3Cl)c2s1. The number of thiophene rings is 1. The van der Waals surface area contributed by atoms with Crippen molar-refractivity contribution in [3.05, 3.63) is 50.4 Å². The van der Waals surface area contributed by atoms with Crippen LogP contribution in [-0.4, -0.2) is 34.7 Å². The fourth-order valence-corrected chi connectivity index (χ4v) is 4.19. The van der Waals surface area contributed by atoms with Gasteiger partial charge >= 0.3 is 0 Å². The van der Waals surface area contributed by atoms with Gasteiger partial charge in [0.2, 0.25) is 5.91 Å². The highest BCUT2D eigenvalue weighted by atomic mass is 35.5. The third-order valence-corrected chi connectivity index (χ3v) is 5.69. The summed E-state index contributed by atoms with van der Waals surface area (Å²) in [4.78, 5) is 24.7. The molecule has 2 heterocycles. The predicted octanol–water partition coefficient (Wildman–Crippen LogP) is 3.63. The molecule has 0 spiro atoms. The molecule has 0 saturated carbocycles. The number of fused-ring (bicyclic) bond motifs is 1. The van der Waals surface area contributed by atoms with Crippen molar-refractivity contribution in [2.45, 2.75) is 20.4 Å². The van der Waals surface area contributed by atoms with E-state index in [9.17, 15) is 9.59 Å². The first-order valence-electron chi connectivity index (χ1n) is 8.28. The Labute approximate surface area is 170 Å². The molecule has 0 aliphatic carbocycles. The molecule has 6 nitrogen and oxygen atoms in total. The first-order chi connectivity index (χ1) is 12.8. The normalized spacial score (nSPS) is 11.0. The third kappa shape index (κ3) is 4.61. The van der Waals surface area contributed by atoms with Gasteiger partial charge in [0.05, 0.1) is 17.1 Å². The number of halogens is 2. The van der Waals surface area contributed by atoms with E-state index in [1.807, 2.05) is 23.7 Å². The fourth-order valence-electron chi connectivity index (χ4n) is 2.64. The van der Waals surface area contributed by atoms with Crippen LogP contribution in [0, 0.1) is 6.92 Å². The smallest absolute Gasteiger partial charge is 0.261 e. The molecule has 0 atom stereocenters. The van der Waals surface area contributed by atoms with E-state index in [1.165, 1.54) is 18.3 Å². The van der Waals surface area contributed by atoms with Crippen molar-refractivity contribution in [2.75, 3.05) is 13.1 Å². The van der Waals surface area contributed by atoms with Crippen LogP contribution < -0.4 is 10.6 Å². The number of hydrogen-bond donors (Lipinski definition) is 2. The second kappa shape index (κ2) is 8.29. The first kappa shape index (κ1) is 19.7. The van der Waals surface area contributed by atoms with Crippen molar-refractivity contribution in [1.82, 2.24) is 20.4 Å². The molecule has 2 aromatic heterocycles. The van der Waals surface area contributed by atoms with Crippen LogP contribution in [0.2, 0.25) is 10.0 Å². The molecule has 142 valence electrons. The van der Waals surface area contributed by atoms with Gasteiger partial charge in [-0.15, -0.1) is 11.3 Å². The number of amides is 2. The molecule has 1 aromatic carbocycles. The van der Waals surface area contributed by atoms with E-state index >= 15 is 0 Å². The fraction of sp³-hybridized carbons (Fsp3) is 0.278. The van der Waals surface area contributed by atoms with Crippen LogP contribution in [0.3, 0.4) is 0 Å². The zero-order valence-electron chi connectivity index (χ0n) is 14.8. The number of aryl methyl sites for hydroxylation is 1. The van der Waals surface area contributed by atoms with E-state index in [4.69, 9.17) is 23.2 Å². The molecule has 3 rings (SSSR count). The van der Waals surface area contributed by atoms with Gasteiger partial charge in [-0.2, -0.15) is 5.10 Å². The summed E-state index contributed by atoms with van der Waals surface area (Å²) in [5.41, 5.74) is 1.75. The Kier molecular flexibility index (Phi) is 6.04. The maximum absolute atomic E-state index is 12.4. The molecule has 0 unspecified atom stereocenters. The van der Waals surface area contributed by atoms with Gasteiger partial charge in [-0.3, -0.25) is 14.3 Å². The first-order valence-corrected chi connectivity index (χ1v) is 9.86. The minimum absolute atomic E-state index is 0.123. The Morgan fingerprint density at radius 3 is 2.63 bits per heavy atom. The van der Waals surface area contributed by atoms with Gasteiger partial charge in [0.25, 0.3) is 5.91 Å². The maximum Gasteiger partial charge on any atom is 0.261 e. The minimum Gasteiger partial charge on any atom is -0.355 e. The highest BCUT2D eigenvalue weighted by molar-refractivity contribution is 7.20. The lowest BCUT2D eigenvalue weighted by atomic mass is 10.2. The number of hydrogen-bond acceptors (Lipinski definition) is 4. The van der Waals surface area contributed by atoms with E-state index in [0.29, 0.717) is 34.6 Å². The maximum atomic E-state index is 12.4. The Bertz CT molecular complexity index is 1010. The van der Waals surface area contributed by atoms with Crippen LogP contribution in [0.1, 0.15) is 27.9 Å². The monoisotopic (exact) mass is 424 g/mol. The highest BCUT2D eigenvalue weighted by Crippen LogP contribution is 2.30. The molecule has 0 bridgehead atoms. The average Bonchev–Trinajstić information content (AvgIpc) is 3.15. The molecular weight excluding hydrogens is 407 g/mol. The number of rotatable bonds is 6. The molecule has 2 N–H and O–H groups in total. The van der Waals surface area contributed by atoms with Crippen molar-refractivity contribution in [1.29, 1.82) is 0 Å². The van der Waals surface area contributed by atoms with Crippen molar-refractivity contribution >= 4 is 56.6 Å². The summed E-state index contributed by atoms with van der Waals surface area (Å²) in [6.07, 6.45) is 0. The molecule has 3 aromatic rings. The van der Waals surface area contributed by atoms with Crippen molar-refractivity contribution in [3.63, 3.8) is 0 Å². The van der Waals surface area contributed by atoms with Crippen LogP contribution >= 0.6 is 34.5 Å². The van der Waals surface area contributed by atoms with Gasteiger partial charge in [0.15, 0.2) is 0 Å². The largest absolute Gasteiger partial charge is 0.355 e. The molecule has 27 heavy (non-hydrogen) atoms. The standard InChI is InChI=1S/C18H18Cl2N4O2S/c1-10-14-8-16(17(26)22-6-5-21-11(2)25)27-18(14)24(23-10)9-12-3-4-13(19)7-15(12)20/h3-4,7-8H,5-6,9H2,1-2H3,(H,21,25)(H,22,26). The molecule has 0 aliphatic heterocycles. The summed E-state index contributed by atoms with van der Waals surface area (Å²) >= 11 is 13.6. The predicted molar refractivity (Wildman–Crippen MR) is 109 cm³/mol. The van der Waals surface area contributed by atoms with Gasteiger partial charge in [-0.1, -0.05) is 29.3 Å². The zero-order chi connectivity index (χ0) is 19.6. The molecule has 9 heteroatoms. The summed E-state index contributed by atoms with van der Waals surface area (Å²) in [7, 11) is 0. The Balaban J connectivity index is 1.78. The Morgan fingerprint density at radius 1 is 1.19 bits per heavy atom. The van der Waals surface area contributed by atoms with E-state index in [2.05, 4.69) is 15.7 Å². The summed E-state index contributed by atoms with van der Waals surface area (Å²) < 4.78 is 1.85. The molecule has 0 radical (unpaired) electrons. The van der Waals surface area contributed by atoms with E-state index in [-0.39, 0.29) is 11.8 Å². The second-order valence-electron chi connectivity index (χ2n) is 6.05. The average molecular weight is 425 g/mol. The van der Waals surface area contributed by atoms with Gasteiger partial charge in [0.1, 0.15) is 4.83 Å². The summed E-state index contributed by atoms with van der Waals surface area (Å²) in [6.45, 7) is 4.61. The third-order valence-electron chi connectivity index (χ3n) is 3.95.